The highest BCUT2D eigenvalue weighted by Gasteiger charge is 2.31. The maximum Gasteiger partial charge on any atom is 0.573 e. The van der Waals surface area contributed by atoms with Crippen molar-refractivity contribution in [3.8, 4) is 11.5 Å². The van der Waals surface area contributed by atoms with Crippen LogP contribution >= 0.6 is 11.6 Å². The number of benzene rings is 2. The molecule has 9 nitrogen and oxygen atoms in total. The number of fused-ring (bicyclic) bond motifs is 1. The Morgan fingerprint density at radius 2 is 2.05 bits per heavy atom. The third kappa shape index (κ3) is 7.46. The summed E-state index contributed by atoms with van der Waals surface area (Å²) < 4.78 is 53.0. The van der Waals surface area contributed by atoms with Crippen molar-refractivity contribution in [1.29, 1.82) is 0 Å². The van der Waals surface area contributed by atoms with E-state index in [-0.39, 0.29) is 17.0 Å². The molecule has 1 saturated heterocycles. The topological polar surface area (TPSA) is 97.8 Å². The Morgan fingerprint density at radius 1 is 1.24 bits per heavy atom. The van der Waals surface area contributed by atoms with E-state index in [0.717, 1.165) is 12.1 Å². The number of carbonyl (C=O) groups excluding carboxylic acids is 1. The van der Waals surface area contributed by atoms with Crippen LogP contribution in [-0.2, 0) is 9.53 Å². The Kier molecular flexibility index (Phi) is 8.55. The zero-order valence-electron chi connectivity index (χ0n) is 20.5. The van der Waals surface area contributed by atoms with Gasteiger partial charge in [-0.25, -0.2) is 9.97 Å². The molecule has 0 spiro atoms. The fraction of sp³-hybridized carbons (Fsp3) is 0.320. The number of nitrogens with zero attached hydrogens (tertiary/aromatic N) is 3. The number of rotatable bonds is 9. The van der Waals surface area contributed by atoms with Crippen molar-refractivity contribution in [2.75, 3.05) is 44.5 Å². The SMILES string of the molecule is CN(C)CC=CC(=O)Nc1cc2c(Nc3ccc(OC(F)(F)F)cc3Cl)ncnc2cc1OC1CCOC1. The zero-order valence-corrected chi connectivity index (χ0v) is 21.3. The largest absolute Gasteiger partial charge is 0.573 e. The minimum Gasteiger partial charge on any atom is -0.486 e. The molecule has 1 unspecified atom stereocenters. The lowest BCUT2D eigenvalue weighted by Gasteiger charge is -2.18. The number of anilines is 3. The Morgan fingerprint density at radius 3 is 2.74 bits per heavy atom. The minimum atomic E-state index is -4.84. The number of ether oxygens (including phenoxy) is 3. The molecule has 13 heteroatoms. The van der Waals surface area contributed by atoms with E-state index in [9.17, 15) is 18.0 Å². The van der Waals surface area contributed by atoms with Gasteiger partial charge in [0.25, 0.3) is 0 Å². The van der Waals surface area contributed by atoms with Crippen LogP contribution in [0, 0.1) is 0 Å². The second-order valence-electron chi connectivity index (χ2n) is 8.66. The van der Waals surface area contributed by atoms with E-state index in [2.05, 4.69) is 25.3 Å². The van der Waals surface area contributed by atoms with Crippen LogP contribution in [0.5, 0.6) is 11.5 Å². The number of hydrogen-bond donors (Lipinski definition) is 2. The van der Waals surface area contributed by atoms with Gasteiger partial charge in [-0.3, -0.25) is 4.79 Å². The van der Waals surface area contributed by atoms with Gasteiger partial charge < -0.3 is 29.7 Å². The molecule has 0 radical (unpaired) electrons. The van der Waals surface area contributed by atoms with E-state index in [1.807, 2.05) is 19.0 Å². The van der Waals surface area contributed by atoms with Crippen LogP contribution in [0.2, 0.25) is 5.02 Å². The molecule has 38 heavy (non-hydrogen) atoms. The van der Waals surface area contributed by atoms with Crippen molar-refractivity contribution >= 4 is 45.6 Å². The number of hydrogen-bond acceptors (Lipinski definition) is 8. The van der Waals surface area contributed by atoms with Gasteiger partial charge in [0.1, 0.15) is 29.7 Å². The van der Waals surface area contributed by atoms with Gasteiger partial charge in [-0.15, -0.1) is 13.2 Å². The van der Waals surface area contributed by atoms with Crippen LogP contribution < -0.4 is 20.1 Å². The molecular weight excluding hydrogens is 527 g/mol. The van der Waals surface area contributed by atoms with Gasteiger partial charge in [0, 0.05) is 36.6 Å². The van der Waals surface area contributed by atoms with Gasteiger partial charge in [-0.2, -0.15) is 0 Å². The summed E-state index contributed by atoms with van der Waals surface area (Å²) in [7, 11) is 3.78. The van der Waals surface area contributed by atoms with Crippen LogP contribution in [0.4, 0.5) is 30.4 Å². The fourth-order valence-corrected chi connectivity index (χ4v) is 3.85. The first-order valence-electron chi connectivity index (χ1n) is 11.5. The lowest BCUT2D eigenvalue weighted by atomic mass is 10.1. The van der Waals surface area contributed by atoms with Gasteiger partial charge in [0.2, 0.25) is 5.91 Å². The zero-order chi connectivity index (χ0) is 27.3. The number of carbonyl (C=O) groups is 1. The van der Waals surface area contributed by atoms with Gasteiger partial charge in [-0.1, -0.05) is 17.7 Å². The first-order valence-corrected chi connectivity index (χ1v) is 11.9. The van der Waals surface area contributed by atoms with Crippen molar-refractivity contribution in [2.24, 2.45) is 0 Å². The fourth-order valence-electron chi connectivity index (χ4n) is 3.63. The average Bonchev–Trinajstić information content (AvgIpc) is 3.33. The maximum absolute atomic E-state index is 12.6. The second-order valence-corrected chi connectivity index (χ2v) is 9.07. The average molecular weight is 552 g/mol. The molecule has 0 bridgehead atoms. The first-order chi connectivity index (χ1) is 18.1. The Balaban J connectivity index is 1.65. The number of amides is 1. The number of alkyl halides is 3. The minimum absolute atomic E-state index is 0.0146. The van der Waals surface area contributed by atoms with Crippen molar-refractivity contribution < 1.29 is 32.2 Å². The molecule has 2 heterocycles. The molecule has 1 aliphatic rings. The standard InChI is InChI=1S/C25H25ClF3N5O4/c1-34(2)8-3-4-23(35)32-21-11-17-20(12-22(21)37-16-7-9-36-13-16)30-14-31-24(17)33-19-6-5-15(10-18(19)26)38-25(27,28)29/h3-6,10-12,14,16H,7-9,13H2,1-2H3,(H,32,35)(H,30,31,33). The molecule has 202 valence electrons. The molecule has 0 aliphatic carbocycles. The van der Waals surface area contributed by atoms with Gasteiger partial charge in [0.15, 0.2) is 0 Å². The second kappa shape index (κ2) is 11.8. The van der Waals surface area contributed by atoms with E-state index in [1.54, 1.807) is 18.2 Å². The Hall–Kier alpha value is -3.61. The quantitative estimate of drug-likeness (QED) is 0.352. The van der Waals surface area contributed by atoms with Gasteiger partial charge >= 0.3 is 6.36 Å². The summed E-state index contributed by atoms with van der Waals surface area (Å²) in [5.41, 5.74) is 1.19. The number of likely N-dealkylation sites (N-methyl/N-ethyl adjacent to an activating group) is 1. The first kappa shape index (κ1) is 27.4. The molecule has 4 rings (SSSR count). The van der Waals surface area contributed by atoms with E-state index >= 15 is 0 Å². The van der Waals surface area contributed by atoms with Gasteiger partial charge in [0.05, 0.1) is 35.1 Å². The van der Waals surface area contributed by atoms with Crippen molar-refractivity contribution in [3.63, 3.8) is 0 Å². The van der Waals surface area contributed by atoms with Crippen LogP contribution in [0.1, 0.15) is 6.42 Å². The smallest absolute Gasteiger partial charge is 0.486 e. The summed E-state index contributed by atoms with van der Waals surface area (Å²) in [5, 5.41) is 6.35. The number of halogens is 4. The van der Waals surface area contributed by atoms with Crippen LogP contribution in [-0.4, -0.2) is 67.1 Å². The predicted octanol–water partition coefficient (Wildman–Crippen LogP) is 5.15. The molecule has 2 aromatic carbocycles. The predicted molar refractivity (Wildman–Crippen MR) is 137 cm³/mol. The van der Waals surface area contributed by atoms with E-state index in [0.29, 0.717) is 60.0 Å². The lowest BCUT2D eigenvalue weighted by molar-refractivity contribution is -0.274. The summed E-state index contributed by atoms with van der Waals surface area (Å²) in [6, 6.07) is 6.86. The summed E-state index contributed by atoms with van der Waals surface area (Å²) in [4.78, 5) is 23.1. The highest BCUT2D eigenvalue weighted by molar-refractivity contribution is 6.33. The van der Waals surface area contributed by atoms with E-state index in [1.165, 1.54) is 18.5 Å². The van der Waals surface area contributed by atoms with E-state index < -0.39 is 12.1 Å². The van der Waals surface area contributed by atoms with Crippen molar-refractivity contribution in [3.05, 3.63) is 53.8 Å². The Labute approximate surface area is 221 Å². The van der Waals surface area contributed by atoms with Crippen molar-refractivity contribution in [2.45, 2.75) is 18.9 Å². The maximum atomic E-state index is 12.6. The molecular formula is C25H25ClF3N5O4. The summed E-state index contributed by atoms with van der Waals surface area (Å²) in [6.07, 6.45) is 0.169. The summed E-state index contributed by atoms with van der Waals surface area (Å²) >= 11 is 6.20. The third-order valence-corrected chi connectivity index (χ3v) is 5.66. The number of aromatic nitrogens is 2. The lowest BCUT2D eigenvalue weighted by Crippen LogP contribution is -2.18. The molecule has 1 aliphatic heterocycles. The number of nitrogens with one attached hydrogen (secondary N) is 2. The molecule has 0 saturated carbocycles. The van der Waals surface area contributed by atoms with Crippen molar-refractivity contribution in [1.82, 2.24) is 14.9 Å². The molecule has 3 aromatic rings. The molecule has 1 amide bonds. The molecule has 1 fully saturated rings. The van der Waals surface area contributed by atoms with Crippen LogP contribution in [0.15, 0.2) is 48.8 Å². The normalized spacial score (nSPS) is 15.8. The summed E-state index contributed by atoms with van der Waals surface area (Å²) in [6.45, 7) is 1.59. The van der Waals surface area contributed by atoms with Crippen LogP contribution in [0.25, 0.3) is 10.9 Å². The Bertz CT molecular complexity index is 1330. The molecule has 2 N–H and O–H groups in total. The highest BCUT2D eigenvalue weighted by atomic mass is 35.5. The summed E-state index contributed by atoms with van der Waals surface area (Å²) in [5.74, 6) is -0.0755. The molecule has 1 atom stereocenters. The van der Waals surface area contributed by atoms with E-state index in [4.69, 9.17) is 21.1 Å². The monoisotopic (exact) mass is 551 g/mol. The third-order valence-electron chi connectivity index (χ3n) is 5.34. The molecule has 1 aromatic heterocycles. The highest BCUT2D eigenvalue weighted by Crippen LogP contribution is 2.36. The van der Waals surface area contributed by atoms with Crippen LogP contribution in [0.3, 0.4) is 0 Å². The van der Waals surface area contributed by atoms with Gasteiger partial charge in [-0.05, 0) is 32.3 Å².